The van der Waals surface area contributed by atoms with E-state index >= 15 is 0 Å². The first kappa shape index (κ1) is 26.9. The maximum absolute atomic E-state index is 13.2. The van der Waals surface area contributed by atoms with Gasteiger partial charge in [-0.3, -0.25) is 19.3 Å². The number of benzene rings is 1. The van der Waals surface area contributed by atoms with Gasteiger partial charge in [-0.1, -0.05) is 24.3 Å². The average Bonchev–Trinajstić information content (AvgIpc) is 2.82. The number of likely N-dealkylation sites (N-methyl/N-ethyl adjacent to an activating group) is 2. The lowest BCUT2D eigenvalue weighted by molar-refractivity contribution is -0.146. The van der Waals surface area contributed by atoms with E-state index in [1.54, 1.807) is 38.4 Å². The van der Waals surface area contributed by atoms with Gasteiger partial charge < -0.3 is 24.7 Å². The molecular weight excluding hydrogens is 426 g/mol. The van der Waals surface area contributed by atoms with E-state index in [0.717, 1.165) is 5.56 Å². The van der Waals surface area contributed by atoms with Gasteiger partial charge in [0.05, 0.1) is 32.0 Å². The Morgan fingerprint density at radius 1 is 0.970 bits per heavy atom. The topological polar surface area (TPSA) is 111 Å². The Bertz CT molecular complexity index is 781. The fraction of sp³-hybridized carbons (Fsp3) is 0.625. The van der Waals surface area contributed by atoms with Crippen LogP contribution < -0.4 is 0 Å². The fourth-order valence-electron chi connectivity index (χ4n) is 3.98. The van der Waals surface area contributed by atoms with Gasteiger partial charge in [-0.25, -0.2) is 0 Å². The number of carbonyl (C=O) groups is 3. The van der Waals surface area contributed by atoms with Gasteiger partial charge in [-0.15, -0.1) is 0 Å². The van der Waals surface area contributed by atoms with Crippen LogP contribution in [0.5, 0.6) is 0 Å². The molecule has 1 heterocycles. The zero-order chi connectivity index (χ0) is 24.6. The number of hydrogen-bond acceptors (Lipinski definition) is 7. The molecule has 1 saturated heterocycles. The molecule has 1 aromatic rings. The predicted molar refractivity (Wildman–Crippen MR) is 124 cm³/mol. The lowest BCUT2D eigenvalue weighted by Crippen LogP contribution is -2.54. The molecule has 1 aliphatic heterocycles. The highest BCUT2D eigenvalue weighted by atomic mass is 16.5. The number of hydrogen-bond donors (Lipinski definition) is 2. The van der Waals surface area contributed by atoms with Crippen LogP contribution in [0, 0.1) is 5.92 Å². The summed E-state index contributed by atoms with van der Waals surface area (Å²) in [5.74, 6) is -1.77. The van der Waals surface area contributed by atoms with E-state index in [-0.39, 0.29) is 38.5 Å². The smallest absolute Gasteiger partial charge is 0.235 e. The van der Waals surface area contributed by atoms with Gasteiger partial charge in [0.15, 0.2) is 5.78 Å². The summed E-state index contributed by atoms with van der Waals surface area (Å²) in [6.07, 6.45) is 0.157. The molecule has 9 nitrogen and oxygen atoms in total. The van der Waals surface area contributed by atoms with Crippen molar-refractivity contribution in [2.75, 3.05) is 66.7 Å². The van der Waals surface area contributed by atoms with Crippen molar-refractivity contribution in [3.8, 4) is 0 Å². The number of rotatable bonds is 11. The van der Waals surface area contributed by atoms with E-state index in [1.165, 1.54) is 9.80 Å². The number of ketones is 1. The quantitative estimate of drug-likeness (QED) is 0.352. The van der Waals surface area contributed by atoms with Crippen molar-refractivity contribution in [3.05, 3.63) is 35.4 Å². The summed E-state index contributed by atoms with van der Waals surface area (Å²) in [5, 5.41) is 18.3. The van der Waals surface area contributed by atoms with Gasteiger partial charge in [-0.05, 0) is 25.8 Å². The highest BCUT2D eigenvalue weighted by Gasteiger charge is 2.36. The molecule has 1 fully saturated rings. The van der Waals surface area contributed by atoms with Crippen molar-refractivity contribution in [1.29, 1.82) is 0 Å². The minimum absolute atomic E-state index is 0.00464. The van der Waals surface area contributed by atoms with Gasteiger partial charge in [0.25, 0.3) is 0 Å². The van der Waals surface area contributed by atoms with Crippen molar-refractivity contribution >= 4 is 17.6 Å². The highest BCUT2D eigenvalue weighted by Crippen LogP contribution is 2.23. The second-order valence-corrected chi connectivity index (χ2v) is 8.91. The molecule has 0 aromatic heterocycles. The van der Waals surface area contributed by atoms with Crippen molar-refractivity contribution < 1.29 is 29.3 Å². The molecule has 1 aliphatic rings. The van der Waals surface area contributed by atoms with Crippen LogP contribution in [0.4, 0.5) is 0 Å². The summed E-state index contributed by atoms with van der Waals surface area (Å²) in [4.78, 5) is 43.8. The molecule has 0 bridgehead atoms. The third-order valence-corrected chi connectivity index (χ3v) is 6.23. The zero-order valence-electron chi connectivity index (χ0n) is 20.1. The first-order valence-electron chi connectivity index (χ1n) is 11.3. The largest absolute Gasteiger partial charge is 0.395 e. The summed E-state index contributed by atoms with van der Waals surface area (Å²) >= 11 is 0. The third kappa shape index (κ3) is 6.83. The summed E-state index contributed by atoms with van der Waals surface area (Å²) in [5.41, 5.74) is 0.649. The van der Waals surface area contributed by atoms with E-state index in [4.69, 9.17) is 14.9 Å². The van der Waals surface area contributed by atoms with Crippen LogP contribution in [0.15, 0.2) is 24.3 Å². The molecule has 2 N–H and O–H groups in total. The summed E-state index contributed by atoms with van der Waals surface area (Å²) < 4.78 is 5.39. The number of ether oxygens (including phenoxy) is 1. The summed E-state index contributed by atoms with van der Waals surface area (Å²) in [6, 6.07) is 7.02. The molecule has 2 rings (SSSR count). The van der Waals surface area contributed by atoms with Crippen molar-refractivity contribution in [2.24, 2.45) is 5.92 Å². The Balaban J connectivity index is 2.19. The minimum Gasteiger partial charge on any atom is -0.395 e. The Morgan fingerprint density at radius 2 is 1.45 bits per heavy atom. The normalized spacial score (nSPS) is 14.9. The number of amides is 2. The number of aliphatic hydroxyl groups is 2. The van der Waals surface area contributed by atoms with Gasteiger partial charge in [-0.2, -0.15) is 0 Å². The molecule has 2 amide bonds. The summed E-state index contributed by atoms with van der Waals surface area (Å²) in [6.45, 7) is 6.27. The predicted octanol–water partition coefficient (Wildman–Crippen LogP) is 0.0402. The molecule has 9 heteroatoms. The van der Waals surface area contributed by atoms with Crippen molar-refractivity contribution in [3.63, 3.8) is 0 Å². The minimum atomic E-state index is -0.982. The lowest BCUT2D eigenvalue weighted by Gasteiger charge is -2.39. The average molecular weight is 464 g/mol. The monoisotopic (exact) mass is 463 g/mol. The standard InChI is InChI=1S/C24H37N3O6/c1-24(2,27-11-15-33-16-12-27)21(30)19-7-5-18(6-8-19)17-20(22(31)25(3)9-13-28)23(32)26(4)10-14-29/h5-8,20,28-29H,9-17H2,1-4H3. The van der Waals surface area contributed by atoms with E-state index in [9.17, 15) is 14.4 Å². The SMILES string of the molecule is CN(CCO)C(=O)C(Cc1ccc(C(=O)C(C)(C)N2CCOCC2)cc1)C(=O)N(C)CCO. The van der Waals surface area contributed by atoms with Gasteiger partial charge in [0, 0.05) is 45.8 Å². The molecule has 0 saturated carbocycles. The maximum atomic E-state index is 13.2. The van der Waals surface area contributed by atoms with Gasteiger partial charge in [0.2, 0.25) is 11.8 Å². The van der Waals surface area contributed by atoms with Crippen LogP contribution in [0.2, 0.25) is 0 Å². The van der Waals surface area contributed by atoms with Crippen LogP contribution in [0.3, 0.4) is 0 Å². The van der Waals surface area contributed by atoms with E-state index < -0.39 is 23.3 Å². The Labute approximate surface area is 195 Å². The molecule has 184 valence electrons. The molecule has 0 spiro atoms. The van der Waals surface area contributed by atoms with E-state index in [2.05, 4.69) is 4.90 Å². The Hall–Kier alpha value is -2.33. The molecule has 33 heavy (non-hydrogen) atoms. The highest BCUT2D eigenvalue weighted by molar-refractivity contribution is 6.03. The zero-order valence-corrected chi connectivity index (χ0v) is 20.1. The number of Topliss-reactive ketones (excluding diaryl/α,β-unsaturated/α-hetero) is 1. The molecule has 0 aliphatic carbocycles. The molecule has 0 unspecified atom stereocenters. The van der Waals surface area contributed by atoms with Gasteiger partial charge in [0.1, 0.15) is 5.92 Å². The van der Waals surface area contributed by atoms with E-state index in [0.29, 0.717) is 31.9 Å². The summed E-state index contributed by atoms with van der Waals surface area (Å²) in [7, 11) is 3.08. The van der Waals surface area contributed by atoms with Crippen LogP contribution in [0.1, 0.15) is 29.8 Å². The number of carbonyl (C=O) groups excluding carboxylic acids is 3. The first-order valence-corrected chi connectivity index (χ1v) is 11.3. The molecule has 0 atom stereocenters. The maximum Gasteiger partial charge on any atom is 0.235 e. The first-order chi connectivity index (χ1) is 15.6. The number of aliphatic hydroxyl groups excluding tert-OH is 2. The second-order valence-electron chi connectivity index (χ2n) is 8.91. The molecule has 0 radical (unpaired) electrons. The van der Waals surface area contributed by atoms with Crippen LogP contribution >= 0.6 is 0 Å². The molecular formula is C24H37N3O6. The number of nitrogens with zero attached hydrogens (tertiary/aromatic N) is 3. The third-order valence-electron chi connectivity index (χ3n) is 6.23. The fourth-order valence-corrected chi connectivity index (χ4v) is 3.98. The van der Waals surface area contributed by atoms with Crippen LogP contribution in [-0.2, 0) is 20.7 Å². The van der Waals surface area contributed by atoms with Gasteiger partial charge >= 0.3 is 0 Å². The molecule has 1 aromatic carbocycles. The van der Waals surface area contributed by atoms with Crippen molar-refractivity contribution in [2.45, 2.75) is 25.8 Å². The second kappa shape index (κ2) is 12.2. The Kier molecular flexibility index (Phi) is 9.97. The van der Waals surface area contributed by atoms with E-state index in [1.807, 2.05) is 13.8 Å². The van der Waals surface area contributed by atoms with Crippen LogP contribution in [-0.4, -0.2) is 115 Å². The Morgan fingerprint density at radius 3 is 1.91 bits per heavy atom. The lowest BCUT2D eigenvalue weighted by atomic mass is 9.89. The van der Waals surface area contributed by atoms with Crippen LogP contribution in [0.25, 0.3) is 0 Å². The number of morpholine rings is 1. The van der Waals surface area contributed by atoms with Crippen molar-refractivity contribution in [1.82, 2.24) is 14.7 Å².